The molecule has 15 aromatic rings. The molecule has 0 amide bonds. The molecule has 0 aliphatic heterocycles. The van der Waals surface area contributed by atoms with Crippen LogP contribution in [0.5, 0.6) is 0 Å². The van der Waals surface area contributed by atoms with Gasteiger partial charge in [-0.1, -0.05) is 176 Å². The molecule has 71 heavy (non-hydrogen) atoms. The van der Waals surface area contributed by atoms with Gasteiger partial charge in [0.1, 0.15) is 0 Å². The summed E-state index contributed by atoms with van der Waals surface area (Å²) < 4.78 is 2.41. The molecule has 0 saturated heterocycles. The molecule has 0 radical (unpaired) electrons. The zero-order chi connectivity index (χ0) is 46.6. The molecule has 0 N–H and O–H groups in total. The monoisotopic (exact) mass is 901 g/mol. The van der Waals surface area contributed by atoms with Crippen LogP contribution in [0.25, 0.3) is 148 Å². The average Bonchev–Trinajstić information content (AvgIpc) is 3.78. The number of hydrogen-bond donors (Lipinski definition) is 0. The van der Waals surface area contributed by atoms with Crippen LogP contribution in [0.2, 0.25) is 0 Å². The second-order valence-electron chi connectivity index (χ2n) is 18.6. The molecular weight excluding hydrogens is 863 g/mol. The first-order chi connectivity index (χ1) is 35.2. The lowest BCUT2D eigenvalue weighted by molar-refractivity contribution is 1.19. The number of aromatic nitrogens is 5. The minimum Gasteiger partial charge on any atom is -0.309 e. The maximum Gasteiger partial charge on any atom is 0.0979 e. The first-order valence-electron chi connectivity index (χ1n) is 24.1. The van der Waals surface area contributed by atoms with Gasteiger partial charge in [0.15, 0.2) is 0 Å². The van der Waals surface area contributed by atoms with Crippen molar-refractivity contribution in [2.24, 2.45) is 0 Å². The summed E-state index contributed by atoms with van der Waals surface area (Å²) in [6.45, 7) is 0. The Morgan fingerprint density at radius 1 is 0.254 bits per heavy atom. The van der Waals surface area contributed by atoms with Crippen molar-refractivity contribution in [3.8, 4) is 50.5 Å². The summed E-state index contributed by atoms with van der Waals surface area (Å²) in [7, 11) is 0. The van der Waals surface area contributed by atoms with Crippen LogP contribution in [0.1, 0.15) is 0 Å². The molecule has 12 aromatic carbocycles. The third-order valence-electron chi connectivity index (χ3n) is 14.6. The molecule has 0 aliphatic rings. The summed E-state index contributed by atoms with van der Waals surface area (Å²) in [4.78, 5) is 20.8. The fourth-order valence-electron chi connectivity index (χ4n) is 11.2. The van der Waals surface area contributed by atoms with E-state index in [1.54, 1.807) is 0 Å². The van der Waals surface area contributed by atoms with Crippen LogP contribution >= 0.6 is 0 Å². The van der Waals surface area contributed by atoms with E-state index >= 15 is 0 Å². The molecule has 15 rings (SSSR count). The lowest BCUT2D eigenvalue weighted by Gasteiger charge is -2.11. The van der Waals surface area contributed by atoms with Crippen molar-refractivity contribution >= 4 is 97.7 Å². The van der Waals surface area contributed by atoms with E-state index < -0.39 is 0 Å². The van der Waals surface area contributed by atoms with E-state index in [1.165, 1.54) is 43.1 Å². The van der Waals surface area contributed by atoms with Crippen molar-refractivity contribution in [2.45, 2.75) is 0 Å². The van der Waals surface area contributed by atoms with Gasteiger partial charge in [-0.15, -0.1) is 0 Å². The highest BCUT2D eigenvalue weighted by atomic mass is 15.0. The predicted octanol–water partition coefficient (Wildman–Crippen LogP) is 17.1. The Hall–Kier alpha value is -9.58. The quantitative estimate of drug-likeness (QED) is 0.162. The summed E-state index contributed by atoms with van der Waals surface area (Å²) in [5.41, 5.74) is 15.3. The van der Waals surface area contributed by atoms with Crippen LogP contribution in [0.3, 0.4) is 0 Å². The topological polar surface area (TPSA) is 56.5 Å². The third kappa shape index (κ3) is 6.20. The Kier molecular flexibility index (Phi) is 8.59. The highest BCUT2D eigenvalue weighted by Gasteiger charge is 2.18. The fourth-order valence-corrected chi connectivity index (χ4v) is 11.2. The van der Waals surface area contributed by atoms with Gasteiger partial charge in [-0.25, -0.2) is 9.97 Å². The van der Waals surface area contributed by atoms with Crippen molar-refractivity contribution in [2.75, 3.05) is 0 Å². The fraction of sp³-hybridized carbons (Fsp3) is 0. The molecule has 5 heteroatoms. The van der Waals surface area contributed by atoms with Gasteiger partial charge in [0, 0.05) is 49.1 Å². The molecule has 5 nitrogen and oxygen atoms in total. The number of nitrogens with zero attached hydrogens (tertiary/aromatic N) is 5. The molecule has 0 unspecified atom stereocenters. The summed E-state index contributed by atoms with van der Waals surface area (Å²) >= 11 is 0. The molecule has 0 bridgehead atoms. The van der Waals surface area contributed by atoms with Crippen molar-refractivity contribution in [3.63, 3.8) is 0 Å². The van der Waals surface area contributed by atoms with E-state index in [2.05, 4.69) is 229 Å². The molecule has 0 atom stereocenters. The largest absolute Gasteiger partial charge is 0.309 e. The second-order valence-corrected chi connectivity index (χ2v) is 18.6. The first-order valence-corrected chi connectivity index (χ1v) is 24.1. The summed E-state index contributed by atoms with van der Waals surface area (Å²) in [5.74, 6) is 0. The summed E-state index contributed by atoms with van der Waals surface area (Å²) in [5, 5.41) is 14.0. The van der Waals surface area contributed by atoms with E-state index in [0.29, 0.717) is 0 Å². The molecule has 0 fully saturated rings. The van der Waals surface area contributed by atoms with Crippen molar-refractivity contribution in [1.82, 2.24) is 24.5 Å². The number of hydrogen-bond acceptors (Lipinski definition) is 4. The van der Waals surface area contributed by atoms with Crippen molar-refractivity contribution in [1.29, 1.82) is 0 Å². The van der Waals surface area contributed by atoms with Crippen LogP contribution in [0.15, 0.2) is 237 Å². The van der Waals surface area contributed by atoms with Gasteiger partial charge in [-0.05, 0) is 103 Å². The zero-order valence-corrected chi connectivity index (χ0v) is 38.3. The van der Waals surface area contributed by atoms with Gasteiger partial charge in [0.2, 0.25) is 0 Å². The molecular formula is C66H39N5. The maximum absolute atomic E-state index is 5.33. The number of benzene rings is 12. The average molecular weight is 902 g/mol. The lowest BCUT2D eigenvalue weighted by atomic mass is 9.97. The van der Waals surface area contributed by atoms with Gasteiger partial charge >= 0.3 is 0 Å². The SMILES string of the molecule is c1cc(-c2ccc3c(c2)c2cc(-c4cccc(-c5cnc6c7ccccc7c7ccccc7c6n5)c4)ccc2n3-c2ccc3ccccc3c2)cc(-c2cnc3c4ccccc4c4ccccc4c3n2)c1. The normalized spacial score (nSPS) is 11.9. The minimum atomic E-state index is 0.845. The Morgan fingerprint density at radius 2 is 0.648 bits per heavy atom. The van der Waals surface area contributed by atoms with E-state index in [9.17, 15) is 0 Å². The van der Waals surface area contributed by atoms with Crippen LogP contribution in [-0.4, -0.2) is 24.5 Å². The van der Waals surface area contributed by atoms with Crippen molar-refractivity contribution in [3.05, 3.63) is 237 Å². The van der Waals surface area contributed by atoms with Crippen LogP contribution in [0, 0.1) is 0 Å². The van der Waals surface area contributed by atoms with E-state index in [1.807, 2.05) is 12.4 Å². The van der Waals surface area contributed by atoms with Gasteiger partial charge in [0.05, 0.1) is 56.9 Å². The lowest BCUT2D eigenvalue weighted by Crippen LogP contribution is -1.94. The first kappa shape index (κ1) is 39.4. The Bertz CT molecular complexity index is 4390. The number of rotatable bonds is 5. The van der Waals surface area contributed by atoms with Gasteiger partial charge in [0.25, 0.3) is 0 Å². The van der Waals surface area contributed by atoms with Gasteiger partial charge in [-0.3, -0.25) is 9.97 Å². The summed E-state index contributed by atoms with van der Waals surface area (Å²) in [6.07, 6.45) is 3.85. The van der Waals surface area contributed by atoms with Gasteiger partial charge in [-0.2, -0.15) is 0 Å². The van der Waals surface area contributed by atoms with Crippen LogP contribution < -0.4 is 0 Å². The van der Waals surface area contributed by atoms with Crippen molar-refractivity contribution < 1.29 is 0 Å². The second kappa shape index (κ2) is 15.5. The molecule has 0 saturated carbocycles. The van der Waals surface area contributed by atoms with Gasteiger partial charge < -0.3 is 4.57 Å². The summed E-state index contributed by atoms with van der Waals surface area (Å²) in [6, 6.07) is 80.6. The zero-order valence-electron chi connectivity index (χ0n) is 38.3. The Balaban J connectivity index is 0.871. The molecule has 3 heterocycles. The minimum absolute atomic E-state index is 0.845. The van der Waals surface area contributed by atoms with E-state index in [0.717, 1.165) is 105 Å². The maximum atomic E-state index is 5.33. The molecule has 0 spiro atoms. The molecule has 328 valence electrons. The predicted molar refractivity (Wildman–Crippen MR) is 296 cm³/mol. The highest BCUT2D eigenvalue weighted by molar-refractivity contribution is 6.24. The Morgan fingerprint density at radius 3 is 1.13 bits per heavy atom. The van der Waals surface area contributed by atoms with Crippen LogP contribution in [-0.2, 0) is 0 Å². The Labute approximate surface area is 407 Å². The highest BCUT2D eigenvalue weighted by Crippen LogP contribution is 2.41. The third-order valence-corrected chi connectivity index (χ3v) is 14.6. The molecule has 3 aromatic heterocycles. The smallest absolute Gasteiger partial charge is 0.0979 e. The van der Waals surface area contributed by atoms with E-state index in [4.69, 9.17) is 19.9 Å². The van der Waals surface area contributed by atoms with Crippen LogP contribution in [0.4, 0.5) is 0 Å². The standard InChI is InChI=1S/C66H39N5/c1-2-14-43-35-48(30-27-40(43)13-1)71-61-31-28-44(41-15-11-17-46(33-41)59-38-67-63-53-23-7-3-19-49(53)51-21-5-9-25-55(51)65(63)69-59)36-57(61)58-37-45(29-32-62(58)71)42-16-12-18-47(34-42)60-39-68-64-54-24-8-4-20-50(54)52-22-6-10-26-56(52)66(64)70-60/h1-39H. The molecule has 0 aliphatic carbocycles. The van der Waals surface area contributed by atoms with E-state index in [-0.39, 0.29) is 0 Å². The number of fused-ring (bicyclic) bond motifs is 16.